The van der Waals surface area contributed by atoms with Crippen molar-refractivity contribution in [1.82, 2.24) is 9.88 Å². The summed E-state index contributed by atoms with van der Waals surface area (Å²) >= 11 is 0. The fourth-order valence-electron chi connectivity index (χ4n) is 3.86. The minimum atomic E-state index is -4.51. The number of carbonyl (C=O) groups is 1. The van der Waals surface area contributed by atoms with Gasteiger partial charge in [0.15, 0.2) is 0 Å². The van der Waals surface area contributed by atoms with Gasteiger partial charge in [-0.1, -0.05) is 19.9 Å². The van der Waals surface area contributed by atoms with Gasteiger partial charge in [0, 0.05) is 38.3 Å². The number of aliphatic hydroxyl groups excluding tert-OH is 1. The lowest BCUT2D eigenvalue weighted by Gasteiger charge is -2.24. The number of pyridine rings is 1. The van der Waals surface area contributed by atoms with Gasteiger partial charge in [-0.2, -0.15) is 13.2 Å². The molecule has 0 saturated carbocycles. The van der Waals surface area contributed by atoms with Crippen LogP contribution in [-0.4, -0.2) is 72.9 Å². The van der Waals surface area contributed by atoms with E-state index in [1.165, 1.54) is 18.3 Å². The number of hydrogen-bond donors (Lipinski definition) is 2. The van der Waals surface area contributed by atoms with Gasteiger partial charge in [0.2, 0.25) is 0 Å². The third kappa shape index (κ3) is 8.48. The first-order valence-corrected chi connectivity index (χ1v) is 11.8. The Morgan fingerprint density at radius 3 is 2.63 bits per heavy atom. The highest BCUT2D eigenvalue weighted by atomic mass is 19.4. The molecule has 0 spiro atoms. The van der Waals surface area contributed by atoms with Gasteiger partial charge in [-0.25, -0.2) is 4.98 Å². The lowest BCUT2D eigenvalue weighted by Crippen LogP contribution is -2.38. The molecule has 192 valence electrons. The number of rotatable bonds is 9. The van der Waals surface area contributed by atoms with Crippen LogP contribution in [-0.2, 0) is 10.9 Å². The minimum Gasteiger partial charge on any atom is -0.389 e. The molecule has 0 radical (unpaired) electrons. The number of amides is 1. The Morgan fingerprint density at radius 2 is 1.94 bits per heavy atom. The average molecular weight is 495 g/mol. The molecule has 1 aromatic carbocycles. The molecule has 3 rings (SSSR count). The van der Waals surface area contributed by atoms with Gasteiger partial charge in [-0.05, 0) is 49.2 Å². The summed E-state index contributed by atoms with van der Waals surface area (Å²) in [5.74, 6) is 0.554. The van der Waals surface area contributed by atoms with Gasteiger partial charge in [0.05, 0.1) is 30.2 Å². The Bertz CT molecular complexity index is 954. The Hall–Kier alpha value is -2.69. The zero-order valence-electron chi connectivity index (χ0n) is 20.1. The standard InChI is InChI=1S/C25H33F3N4O3/c1-18(2)16-35-17-22(33)15-31-9-4-10-32(12-11-31)23-8-7-21(14-29-23)30-24(34)19-5-3-6-20(13-19)25(26,27)28/h3,5-8,13-14,18,22,33H,4,9-12,15-17H2,1-2H3,(H,30,34). The molecule has 1 aliphatic rings. The zero-order valence-corrected chi connectivity index (χ0v) is 20.1. The summed E-state index contributed by atoms with van der Waals surface area (Å²) in [6.07, 6.45) is -2.63. The van der Waals surface area contributed by atoms with Crippen molar-refractivity contribution in [1.29, 1.82) is 0 Å². The lowest BCUT2D eigenvalue weighted by atomic mass is 10.1. The number of nitrogens with zero attached hydrogens (tertiary/aromatic N) is 3. The number of aromatic nitrogens is 1. The molecule has 2 N–H and O–H groups in total. The molecule has 1 saturated heterocycles. The van der Waals surface area contributed by atoms with Crippen LogP contribution in [0.15, 0.2) is 42.6 Å². The number of nitrogens with one attached hydrogen (secondary N) is 1. The van der Waals surface area contributed by atoms with E-state index >= 15 is 0 Å². The number of ether oxygens (including phenoxy) is 1. The number of hydrogen-bond acceptors (Lipinski definition) is 6. The number of β-amino-alcohol motifs (C(OH)–C–C–N with tert-alkyl or cyclic N) is 1. The Balaban J connectivity index is 1.51. The third-order valence-corrected chi connectivity index (χ3v) is 5.60. The van der Waals surface area contributed by atoms with E-state index in [0.717, 1.165) is 50.6 Å². The normalized spacial score (nSPS) is 16.3. The van der Waals surface area contributed by atoms with Crippen LogP contribution in [0.5, 0.6) is 0 Å². The molecule has 1 unspecified atom stereocenters. The fraction of sp³-hybridized carbons (Fsp3) is 0.520. The second kappa shape index (κ2) is 12.3. The van der Waals surface area contributed by atoms with Crippen LogP contribution in [0.25, 0.3) is 0 Å². The van der Waals surface area contributed by atoms with Crippen molar-refractivity contribution >= 4 is 17.4 Å². The fourth-order valence-corrected chi connectivity index (χ4v) is 3.86. The molecular formula is C25H33F3N4O3. The van der Waals surface area contributed by atoms with Gasteiger partial charge in [-0.15, -0.1) is 0 Å². The number of anilines is 2. The number of aliphatic hydroxyl groups is 1. The van der Waals surface area contributed by atoms with Crippen LogP contribution in [0.1, 0.15) is 36.2 Å². The molecule has 1 aromatic heterocycles. The van der Waals surface area contributed by atoms with Gasteiger partial charge in [-0.3, -0.25) is 9.69 Å². The number of halogens is 3. The summed E-state index contributed by atoms with van der Waals surface area (Å²) in [7, 11) is 0. The summed E-state index contributed by atoms with van der Waals surface area (Å²) in [6.45, 7) is 8.84. The van der Waals surface area contributed by atoms with E-state index in [-0.39, 0.29) is 5.56 Å². The SMILES string of the molecule is CC(C)COCC(O)CN1CCCN(c2ccc(NC(=O)c3cccc(C(F)(F)F)c3)cn2)CC1. The molecule has 1 amide bonds. The van der Waals surface area contributed by atoms with E-state index in [4.69, 9.17) is 4.74 Å². The van der Waals surface area contributed by atoms with Crippen molar-refractivity contribution in [3.8, 4) is 0 Å². The maximum absolute atomic E-state index is 12.9. The summed E-state index contributed by atoms with van der Waals surface area (Å²) in [5.41, 5.74) is -0.546. The van der Waals surface area contributed by atoms with Crippen molar-refractivity contribution < 1.29 is 27.8 Å². The molecule has 1 aliphatic heterocycles. The third-order valence-electron chi connectivity index (χ3n) is 5.60. The Kier molecular flexibility index (Phi) is 9.47. The number of benzene rings is 1. The van der Waals surface area contributed by atoms with Crippen LogP contribution < -0.4 is 10.2 Å². The van der Waals surface area contributed by atoms with Crippen LogP contribution in [0, 0.1) is 5.92 Å². The Labute approximate surface area is 203 Å². The monoisotopic (exact) mass is 494 g/mol. The Morgan fingerprint density at radius 1 is 1.14 bits per heavy atom. The largest absolute Gasteiger partial charge is 0.416 e. The maximum Gasteiger partial charge on any atom is 0.416 e. The van der Waals surface area contributed by atoms with Crippen molar-refractivity contribution in [2.75, 3.05) is 56.2 Å². The predicted octanol–water partition coefficient (Wildman–Crippen LogP) is 3.90. The zero-order chi connectivity index (χ0) is 25.4. The highest BCUT2D eigenvalue weighted by molar-refractivity contribution is 6.04. The predicted molar refractivity (Wildman–Crippen MR) is 129 cm³/mol. The van der Waals surface area contributed by atoms with Gasteiger partial charge >= 0.3 is 6.18 Å². The molecule has 35 heavy (non-hydrogen) atoms. The summed E-state index contributed by atoms with van der Waals surface area (Å²) in [4.78, 5) is 21.2. The van der Waals surface area contributed by atoms with Gasteiger partial charge in [0.25, 0.3) is 5.91 Å². The maximum atomic E-state index is 12.9. The van der Waals surface area contributed by atoms with Gasteiger partial charge < -0.3 is 20.1 Å². The molecule has 0 bridgehead atoms. The van der Waals surface area contributed by atoms with E-state index in [9.17, 15) is 23.1 Å². The smallest absolute Gasteiger partial charge is 0.389 e. The van der Waals surface area contributed by atoms with E-state index < -0.39 is 23.8 Å². The first kappa shape index (κ1) is 26.9. The van der Waals surface area contributed by atoms with Crippen molar-refractivity contribution in [3.63, 3.8) is 0 Å². The molecule has 1 fully saturated rings. The molecule has 10 heteroatoms. The quantitative estimate of drug-likeness (QED) is 0.551. The van der Waals surface area contributed by atoms with Crippen LogP contribution in [0.3, 0.4) is 0 Å². The van der Waals surface area contributed by atoms with E-state index in [0.29, 0.717) is 31.4 Å². The van der Waals surface area contributed by atoms with E-state index in [2.05, 4.69) is 33.9 Å². The van der Waals surface area contributed by atoms with Crippen molar-refractivity contribution in [2.24, 2.45) is 5.92 Å². The van der Waals surface area contributed by atoms with E-state index in [1.807, 2.05) is 0 Å². The van der Waals surface area contributed by atoms with E-state index in [1.54, 1.807) is 12.1 Å². The first-order valence-electron chi connectivity index (χ1n) is 11.8. The molecule has 7 nitrogen and oxygen atoms in total. The topological polar surface area (TPSA) is 77.9 Å². The van der Waals surface area contributed by atoms with Gasteiger partial charge in [0.1, 0.15) is 5.82 Å². The minimum absolute atomic E-state index is 0.0756. The molecule has 1 atom stereocenters. The summed E-state index contributed by atoms with van der Waals surface area (Å²) < 4.78 is 44.2. The van der Waals surface area contributed by atoms with Crippen LogP contribution in [0.4, 0.5) is 24.7 Å². The average Bonchev–Trinajstić information content (AvgIpc) is 3.04. The molecule has 2 heterocycles. The highest BCUT2D eigenvalue weighted by Crippen LogP contribution is 2.29. The second-order valence-electron chi connectivity index (χ2n) is 9.16. The van der Waals surface area contributed by atoms with Crippen LogP contribution in [0.2, 0.25) is 0 Å². The summed E-state index contributed by atoms with van der Waals surface area (Å²) in [5, 5.41) is 12.8. The molecule has 2 aromatic rings. The molecular weight excluding hydrogens is 461 g/mol. The van der Waals surface area contributed by atoms with Crippen molar-refractivity contribution in [3.05, 3.63) is 53.7 Å². The number of carbonyl (C=O) groups excluding carboxylic acids is 1. The highest BCUT2D eigenvalue weighted by Gasteiger charge is 2.31. The van der Waals surface area contributed by atoms with Crippen molar-refractivity contribution in [2.45, 2.75) is 32.5 Å². The first-order chi connectivity index (χ1) is 16.6. The second-order valence-corrected chi connectivity index (χ2v) is 9.16. The summed E-state index contributed by atoms with van der Waals surface area (Å²) in [6, 6.07) is 7.77. The lowest BCUT2D eigenvalue weighted by molar-refractivity contribution is -0.137. The van der Waals surface area contributed by atoms with Crippen LogP contribution >= 0.6 is 0 Å². The molecule has 0 aliphatic carbocycles. The number of alkyl halides is 3.